The maximum absolute atomic E-state index is 12.2. The highest BCUT2D eigenvalue weighted by atomic mass is 32.1. The van der Waals surface area contributed by atoms with E-state index in [-0.39, 0.29) is 18.1 Å². The number of nitrogens with zero attached hydrogens (tertiary/aromatic N) is 3. The molecule has 1 N–H and O–H groups in total. The molecule has 194 valence electrons. The van der Waals surface area contributed by atoms with Crippen LogP contribution in [0.1, 0.15) is 52.0 Å². The van der Waals surface area contributed by atoms with Gasteiger partial charge in [0.2, 0.25) is 0 Å². The Balaban J connectivity index is 1.63. The molecule has 3 heterocycles. The highest BCUT2D eigenvalue weighted by Gasteiger charge is 2.42. The minimum Gasteiger partial charge on any atom is -0.494 e. The smallest absolute Gasteiger partial charge is 0.337 e. The molecular formula is C30H30N4O3S. The lowest BCUT2D eigenvalue weighted by atomic mass is 9.96. The van der Waals surface area contributed by atoms with Gasteiger partial charge in [-0.05, 0) is 99.2 Å². The molecule has 1 fully saturated rings. The average Bonchev–Trinajstić information content (AvgIpc) is 3.44. The molecule has 4 aromatic rings. The van der Waals surface area contributed by atoms with Crippen LogP contribution in [-0.4, -0.2) is 34.3 Å². The molecule has 0 spiro atoms. The second kappa shape index (κ2) is 10.7. The van der Waals surface area contributed by atoms with Gasteiger partial charge in [0, 0.05) is 29.0 Å². The molecule has 2 aromatic heterocycles. The normalized spacial score (nSPS) is 16.8. The fraction of sp³-hybridized carbons (Fsp3) is 0.233. The Morgan fingerprint density at radius 1 is 1.03 bits per heavy atom. The number of esters is 1. The van der Waals surface area contributed by atoms with Crippen molar-refractivity contribution in [1.82, 2.24) is 14.9 Å². The lowest BCUT2D eigenvalue weighted by Crippen LogP contribution is -2.29. The van der Waals surface area contributed by atoms with Crippen LogP contribution in [0.4, 0.5) is 5.69 Å². The number of aromatic nitrogens is 2. The van der Waals surface area contributed by atoms with Crippen molar-refractivity contribution in [2.75, 3.05) is 18.6 Å². The van der Waals surface area contributed by atoms with Crippen molar-refractivity contribution in [2.24, 2.45) is 0 Å². The first kappa shape index (κ1) is 25.5. The molecule has 2 atom stereocenters. The summed E-state index contributed by atoms with van der Waals surface area (Å²) in [6.45, 7) is 6.74. The van der Waals surface area contributed by atoms with Gasteiger partial charge in [-0.15, -0.1) is 0 Å². The number of nitrogens with one attached hydrogen (secondary N) is 1. The van der Waals surface area contributed by atoms with Crippen molar-refractivity contribution in [3.63, 3.8) is 0 Å². The van der Waals surface area contributed by atoms with Gasteiger partial charge in [-0.25, -0.2) is 4.79 Å². The molecule has 0 radical (unpaired) electrons. The Hall–Kier alpha value is -4.17. The van der Waals surface area contributed by atoms with Crippen LogP contribution in [0, 0.1) is 13.8 Å². The van der Waals surface area contributed by atoms with Gasteiger partial charge in [-0.1, -0.05) is 12.1 Å². The Morgan fingerprint density at radius 2 is 1.82 bits per heavy atom. The highest BCUT2D eigenvalue weighted by Crippen LogP contribution is 2.44. The summed E-state index contributed by atoms with van der Waals surface area (Å²) < 4.78 is 12.8. The fourth-order valence-electron chi connectivity index (χ4n) is 5.19. The number of hydrogen-bond acceptors (Lipinski definition) is 5. The van der Waals surface area contributed by atoms with Crippen molar-refractivity contribution >= 4 is 29.0 Å². The number of ether oxygens (including phenoxy) is 2. The number of aryl methyl sites for hydroxylation is 1. The van der Waals surface area contributed by atoms with Crippen LogP contribution < -0.4 is 15.0 Å². The number of benzene rings is 2. The van der Waals surface area contributed by atoms with Gasteiger partial charge in [-0.2, -0.15) is 0 Å². The van der Waals surface area contributed by atoms with E-state index >= 15 is 0 Å². The number of pyridine rings is 1. The van der Waals surface area contributed by atoms with Crippen LogP contribution in [0.3, 0.4) is 0 Å². The van der Waals surface area contributed by atoms with Crippen molar-refractivity contribution in [3.05, 3.63) is 107 Å². The maximum atomic E-state index is 12.2. The predicted molar refractivity (Wildman–Crippen MR) is 152 cm³/mol. The molecule has 1 saturated heterocycles. The molecule has 0 bridgehead atoms. The van der Waals surface area contributed by atoms with Gasteiger partial charge in [0.25, 0.3) is 0 Å². The Labute approximate surface area is 228 Å². The van der Waals surface area contributed by atoms with E-state index in [9.17, 15) is 4.79 Å². The van der Waals surface area contributed by atoms with Crippen LogP contribution in [0.15, 0.2) is 79.0 Å². The molecule has 0 amide bonds. The van der Waals surface area contributed by atoms with Gasteiger partial charge >= 0.3 is 5.97 Å². The van der Waals surface area contributed by atoms with Gasteiger partial charge in [-0.3, -0.25) is 4.98 Å². The van der Waals surface area contributed by atoms with Crippen molar-refractivity contribution in [2.45, 2.75) is 32.9 Å². The second-order valence-corrected chi connectivity index (χ2v) is 9.51. The van der Waals surface area contributed by atoms with Gasteiger partial charge in [0.1, 0.15) is 5.75 Å². The first-order valence-corrected chi connectivity index (χ1v) is 12.9. The molecule has 1 aliphatic heterocycles. The van der Waals surface area contributed by atoms with Crippen molar-refractivity contribution in [3.8, 4) is 11.4 Å². The van der Waals surface area contributed by atoms with Crippen LogP contribution >= 0.6 is 12.2 Å². The van der Waals surface area contributed by atoms with E-state index < -0.39 is 0 Å². The Bertz CT molecular complexity index is 1470. The summed E-state index contributed by atoms with van der Waals surface area (Å²) in [4.78, 5) is 19.0. The van der Waals surface area contributed by atoms with Crippen LogP contribution in [-0.2, 0) is 4.74 Å². The zero-order chi connectivity index (χ0) is 26.8. The minimum absolute atomic E-state index is 0.154. The topological polar surface area (TPSA) is 68.6 Å². The van der Waals surface area contributed by atoms with E-state index in [1.807, 2.05) is 67.6 Å². The van der Waals surface area contributed by atoms with E-state index in [2.05, 4.69) is 39.7 Å². The van der Waals surface area contributed by atoms with E-state index in [1.54, 1.807) is 12.3 Å². The van der Waals surface area contributed by atoms with Crippen LogP contribution in [0.5, 0.6) is 5.75 Å². The predicted octanol–water partition coefficient (Wildman–Crippen LogP) is 5.85. The standard InChI is InChI=1S/C30H30N4O3S/c1-5-37-24-14-12-22(13-15-24)34-28(27(32-30(34)38)26-11-6-7-16-31-26)25-17-19(2)33(20(25)3)23-10-8-9-21(18-23)29(35)36-4/h6-18,27-28H,5H2,1-4H3,(H,32,38)/t27-,28-/m1/s1. The summed E-state index contributed by atoms with van der Waals surface area (Å²) in [5, 5.41) is 4.16. The average molecular weight is 527 g/mol. The molecule has 1 aliphatic rings. The third kappa shape index (κ3) is 4.63. The summed E-state index contributed by atoms with van der Waals surface area (Å²) in [7, 11) is 1.39. The first-order valence-electron chi connectivity index (χ1n) is 12.5. The van der Waals surface area contributed by atoms with Crippen LogP contribution in [0.25, 0.3) is 5.69 Å². The number of hydrogen-bond donors (Lipinski definition) is 1. The van der Waals surface area contributed by atoms with Crippen molar-refractivity contribution < 1.29 is 14.3 Å². The van der Waals surface area contributed by atoms with Gasteiger partial charge in [0.15, 0.2) is 5.11 Å². The summed E-state index contributed by atoms with van der Waals surface area (Å²) in [5.41, 5.74) is 6.48. The third-order valence-corrected chi connectivity index (χ3v) is 7.15. The van der Waals surface area contributed by atoms with Gasteiger partial charge in [0.05, 0.1) is 37.1 Å². The number of methoxy groups -OCH3 is 1. The van der Waals surface area contributed by atoms with Gasteiger partial charge < -0.3 is 24.3 Å². The number of thiocarbonyl (C=S) groups is 1. The number of carbonyl (C=O) groups excluding carboxylic acids is 1. The summed E-state index contributed by atoms with van der Waals surface area (Å²) >= 11 is 5.89. The maximum Gasteiger partial charge on any atom is 0.337 e. The minimum atomic E-state index is -0.364. The lowest BCUT2D eigenvalue weighted by Gasteiger charge is -2.28. The fourth-order valence-corrected chi connectivity index (χ4v) is 5.54. The largest absolute Gasteiger partial charge is 0.494 e. The third-order valence-electron chi connectivity index (χ3n) is 6.84. The van der Waals surface area contributed by atoms with Crippen LogP contribution in [0.2, 0.25) is 0 Å². The zero-order valence-electron chi connectivity index (χ0n) is 21.8. The molecule has 5 rings (SSSR count). The monoisotopic (exact) mass is 526 g/mol. The Kier molecular flexibility index (Phi) is 7.15. The molecule has 8 heteroatoms. The molecular weight excluding hydrogens is 496 g/mol. The first-order chi connectivity index (χ1) is 18.4. The molecule has 38 heavy (non-hydrogen) atoms. The lowest BCUT2D eigenvalue weighted by molar-refractivity contribution is 0.0600. The van der Waals surface area contributed by atoms with E-state index in [0.29, 0.717) is 17.3 Å². The number of anilines is 1. The van der Waals surface area contributed by atoms with Crippen molar-refractivity contribution in [1.29, 1.82) is 0 Å². The number of carbonyl (C=O) groups is 1. The molecule has 0 unspecified atom stereocenters. The molecule has 0 aliphatic carbocycles. The summed E-state index contributed by atoms with van der Waals surface area (Å²) in [6.07, 6.45) is 1.80. The summed E-state index contributed by atoms with van der Waals surface area (Å²) in [5.74, 6) is 0.451. The van der Waals surface area contributed by atoms with E-state index in [4.69, 9.17) is 21.7 Å². The zero-order valence-corrected chi connectivity index (χ0v) is 22.7. The SMILES string of the molecule is CCOc1ccc(N2C(=S)N[C@H](c3ccccn3)[C@H]2c2cc(C)n(-c3cccc(C(=O)OC)c3)c2C)cc1. The highest BCUT2D eigenvalue weighted by molar-refractivity contribution is 7.80. The molecule has 2 aromatic carbocycles. The summed E-state index contributed by atoms with van der Waals surface area (Å²) in [6, 6.07) is 23.3. The molecule has 7 nitrogen and oxygen atoms in total. The van der Waals surface area contributed by atoms with E-state index in [0.717, 1.165) is 39.8 Å². The molecule has 0 saturated carbocycles. The second-order valence-electron chi connectivity index (χ2n) is 9.13. The van der Waals surface area contributed by atoms with E-state index in [1.165, 1.54) is 7.11 Å². The Morgan fingerprint density at radius 3 is 2.50 bits per heavy atom. The number of rotatable bonds is 7. The quantitative estimate of drug-likeness (QED) is 0.239.